The van der Waals surface area contributed by atoms with E-state index in [0.29, 0.717) is 6.42 Å². The monoisotopic (exact) mass is 873 g/mol. The van der Waals surface area contributed by atoms with E-state index in [-0.39, 0.29) is 32.1 Å². The third-order valence-electron chi connectivity index (χ3n) is 10.5. The zero-order valence-corrected chi connectivity index (χ0v) is 40.0. The fourth-order valence-corrected chi connectivity index (χ4v) is 7.54. The Balaban J connectivity index is 4.24. The van der Waals surface area contributed by atoms with Gasteiger partial charge in [-0.05, 0) is 70.6 Å². The molecular weight excluding hydrogens is 780 g/mol. The van der Waals surface area contributed by atoms with Crippen molar-refractivity contribution in [3.8, 4) is 0 Å². The average molecular weight is 873 g/mol. The number of phosphoric ester groups is 1. The largest absolute Gasteiger partial charge is 0.472 e. The van der Waals surface area contributed by atoms with E-state index in [1.54, 1.807) is 6.08 Å². The van der Waals surface area contributed by atoms with Gasteiger partial charge in [-0.15, -0.1) is 0 Å². The van der Waals surface area contributed by atoms with Gasteiger partial charge >= 0.3 is 7.82 Å². The number of hydrogen-bond acceptors (Lipinski definition) is 6. The first-order chi connectivity index (χ1) is 29.9. The van der Waals surface area contributed by atoms with Crippen molar-refractivity contribution in [1.29, 1.82) is 0 Å². The van der Waals surface area contributed by atoms with Crippen LogP contribution in [-0.2, 0) is 18.4 Å². The number of unbranched alkanes of at least 4 members (excludes halogenated alkanes) is 21. The van der Waals surface area contributed by atoms with Gasteiger partial charge in [0.25, 0.3) is 0 Å². The van der Waals surface area contributed by atoms with Crippen molar-refractivity contribution < 1.29 is 28.4 Å². The summed E-state index contributed by atoms with van der Waals surface area (Å²) in [6.45, 7) is 3.99. The van der Waals surface area contributed by atoms with E-state index in [2.05, 4.69) is 92.1 Å². The minimum atomic E-state index is -4.36. The van der Waals surface area contributed by atoms with Gasteiger partial charge < -0.3 is 21.1 Å². The molecule has 9 heteroatoms. The molecule has 352 valence electrons. The first-order valence-corrected chi connectivity index (χ1v) is 26.2. The molecule has 0 rings (SSSR count). The molecule has 0 spiro atoms. The summed E-state index contributed by atoms with van der Waals surface area (Å²) in [6.07, 6.45) is 63.6. The van der Waals surface area contributed by atoms with Crippen LogP contribution in [0.4, 0.5) is 0 Å². The molecular formula is C52H93N2O6P. The van der Waals surface area contributed by atoms with Gasteiger partial charge in [-0.1, -0.05) is 214 Å². The maximum atomic E-state index is 12.8. The number of carbonyl (C=O) groups is 1. The van der Waals surface area contributed by atoms with Gasteiger partial charge in [0.15, 0.2) is 0 Å². The van der Waals surface area contributed by atoms with Crippen molar-refractivity contribution in [3.63, 3.8) is 0 Å². The number of aliphatic hydroxyl groups is 1. The lowest BCUT2D eigenvalue weighted by atomic mass is 10.0. The zero-order chi connectivity index (χ0) is 44.6. The number of allylic oxidation sites excluding steroid dienone is 13. The highest BCUT2D eigenvalue weighted by atomic mass is 31.2. The fourth-order valence-electron chi connectivity index (χ4n) is 6.78. The number of hydrogen-bond donors (Lipinski definition) is 4. The number of nitrogens with two attached hydrogens (primary N) is 1. The fraction of sp³-hybridized carbons (Fsp3) is 0.712. The highest BCUT2D eigenvalue weighted by Gasteiger charge is 2.26. The topological polar surface area (TPSA) is 131 Å². The molecule has 8 nitrogen and oxygen atoms in total. The Morgan fingerprint density at radius 1 is 0.557 bits per heavy atom. The standard InChI is InChI=1S/C52H93N2O6P/c1-3-5-7-9-11-13-15-17-19-21-23-25-27-29-31-33-35-37-39-41-43-45-51(55)50(49-60-61(57,58)59-48-47-53)54-52(56)46-44-42-40-38-36-34-32-30-28-26-24-22-20-18-16-14-12-10-8-6-4-2/h6,8,12,14,18,20,24,26,30,32,36,38,43,45,50-51,55H,3-5,7,9-11,13,15-17,19,21-23,25,27-29,31,33-35,37,39-42,44,46-49,53H2,1-2H3,(H,54,56)(H,57,58)/b8-6-,14-12-,20-18-,26-24-,32-30-,38-36-,45-43+. The molecule has 0 fully saturated rings. The van der Waals surface area contributed by atoms with E-state index >= 15 is 0 Å². The first kappa shape index (κ1) is 58.7. The second kappa shape index (κ2) is 47.2. The quantitative estimate of drug-likeness (QED) is 0.0272. The molecule has 0 aliphatic carbocycles. The van der Waals surface area contributed by atoms with Gasteiger partial charge in [0, 0.05) is 13.0 Å². The highest BCUT2D eigenvalue weighted by Crippen LogP contribution is 2.43. The Labute approximate surface area is 375 Å². The average Bonchev–Trinajstić information content (AvgIpc) is 3.25. The van der Waals surface area contributed by atoms with Crippen molar-refractivity contribution in [2.75, 3.05) is 19.8 Å². The van der Waals surface area contributed by atoms with Crippen LogP contribution < -0.4 is 11.1 Å². The van der Waals surface area contributed by atoms with Crippen molar-refractivity contribution >= 4 is 13.7 Å². The maximum Gasteiger partial charge on any atom is 0.472 e. The van der Waals surface area contributed by atoms with Crippen LogP contribution in [0.2, 0.25) is 0 Å². The molecule has 0 saturated carbocycles. The number of phosphoric acid groups is 1. The molecule has 0 aliphatic heterocycles. The molecule has 5 N–H and O–H groups in total. The van der Waals surface area contributed by atoms with E-state index in [4.69, 9.17) is 14.8 Å². The number of amides is 1. The molecule has 0 bridgehead atoms. The summed E-state index contributed by atoms with van der Waals surface area (Å²) in [7, 11) is -4.36. The molecule has 0 heterocycles. The summed E-state index contributed by atoms with van der Waals surface area (Å²) in [5.41, 5.74) is 5.39. The van der Waals surface area contributed by atoms with Crippen LogP contribution in [0.25, 0.3) is 0 Å². The van der Waals surface area contributed by atoms with Gasteiger partial charge in [0.05, 0.1) is 25.4 Å². The van der Waals surface area contributed by atoms with Crippen LogP contribution in [0.1, 0.15) is 206 Å². The first-order valence-electron chi connectivity index (χ1n) is 24.7. The molecule has 0 aromatic rings. The lowest BCUT2D eigenvalue weighted by Gasteiger charge is -2.23. The lowest BCUT2D eigenvalue weighted by molar-refractivity contribution is -0.123. The molecule has 0 aromatic heterocycles. The van der Waals surface area contributed by atoms with Crippen LogP contribution in [-0.4, -0.2) is 47.8 Å². The molecule has 0 radical (unpaired) electrons. The SMILES string of the molecule is CC/C=C\C/C=C\C/C=C\C/C=C\C/C=C\C/C=C\CCCCC(=O)NC(COP(=O)(O)OCCN)C(O)/C=C/CCCCCCCCCCCCCCCCCCCCC. The summed E-state index contributed by atoms with van der Waals surface area (Å²) in [5, 5.41) is 13.7. The van der Waals surface area contributed by atoms with Crippen LogP contribution in [0, 0.1) is 0 Å². The normalized spacial score (nSPS) is 14.6. The van der Waals surface area contributed by atoms with Crippen LogP contribution in [0.15, 0.2) is 85.1 Å². The Bertz CT molecular complexity index is 1230. The van der Waals surface area contributed by atoms with E-state index < -0.39 is 20.0 Å². The summed E-state index contributed by atoms with van der Waals surface area (Å²) in [6, 6.07) is -0.890. The van der Waals surface area contributed by atoms with E-state index in [1.165, 1.54) is 109 Å². The number of nitrogens with one attached hydrogen (secondary N) is 1. The minimum Gasteiger partial charge on any atom is -0.387 e. The molecule has 3 atom stereocenters. The van der Waals surface area contributed by atoms with Crippen molar-refractivity contribution in [1.82, 2.24) is 5.32 Å². The third-order valence-corrected chi connectivity index (χ3v) is 11.5. The lowest BCUT2D eigenvalue weighted by Crippen LogP contribution is -2.45. The molecule has 0 aromatic carbocycles. The van der Waals surface area contributed by atoms with Crippen molar-refractivity contribution in [2.24, 2.45) is 5.73 Å². The summed E-state index contributed by atoms with van der Waals surface area (Å²) in [4.78, 5) is 22.8. The van der Waals surface area contributed by atoms with Crippen molar-refractivity contribution in [3.05, 3.63) is 85.1 Å². The molecule has 3 unspecified atom stereocenters. The van der Waals surface area contributed by atoms with E-state index in [0.717, 1.165) is 70.6 Å². The van der Waals surface area contributed by atoms with Gasteiger partial charge in [0.1, 0.15) is 0 Å². The zero-order valence-electron chi connectivity index (χ0n) is 39.1. The van der Waals surface area contributed by atoms with Gasteiger partial charge in [-0.2, -0.15) is 0 Å². The Morgan fingerprint density at radius 2 is 0.951 bits per heavy atom. The van der Waals surface area contributed by atoms with Crippen LogP contribution in [0.5, 0.6) is 0 Å². The predicted octanol–water partition coefficient (Wildman–Crippen LogP) is 14.6. The Morgan fingerprint density at radius 3 is 1.39 bits per heavy atom. The Kier molecular flexibility index (Phi) is 45.4. The van der Waals surface area contributed by atoms with Gasteiger partial charge in [-0.25, -0.2) is 4.57 Å². The molecule has 0 aliphatic rings. The third kappa shape index (κ3) is 45.5. The van der Waals surface area contributed by atoms with E-state index in [1.807, 2.05) is 6.08 Å². The van der Waals surface area contributed by atoms with Crippen LogP contribution >= 0.6 is 7.82 Å². The number of aliphatic hydroxyl groups excluding tert-OH is 1. The second-order valence-electron chi connectivity index (χ2n) is 16.3. The second-order valence-corrected chi connectivity index (χ2v) is 17.7. The van der Waals surface area contributed by atoms with Crippen LogP contribution in [0.3, 0.4) is 0 Å². The van der Waals surface area contributed by atoms with E-state index in [9.17, 15) is 19.4 Å². The van der Waals surface area contributed by atoms with Gasteiger partial charge in [-0.3, -0.25) is 13.8 Å². The smallest absolute Gasteiger partial charge is 0.387 e. The highest BCUT2D eigenvalue weighted by molar-refractivity contribution is 7.47. The van der Waals surface area contributed by atoms with Crippen molar-refractivity contribution in [2.45, 2.75) is 219 Å². The Hall–Kier alpha value is -2.32. The number of rotatable bonds is 45. The summed E-state index contributed by atoms with van der Waals surface area (Å²) >= 11 is 0. The molecule has 0 saturated heterocycles. The summed E-state index contributed by atoms with van der Waals surface area (Å²) < 4.78 is 22.2. The molecule has 61 heavy (non-hydrogen) atoms. The molecule has 1 amide bonds. The number of carbonyl (C=O) groups excluding carboxylic acids is 1. The van der Waals surface area contributed by atoms with Gasteiger partial charge in [0.2, 0.25) is 5.91 Å². The maximum absolute atomic E-state index is 12.8. The minimum absolute atomic E-state index is 0.0669. The predicted molar refractivity (Wildman–Crippen MR) is 263 cm³/mol. The summed E-state index contributed by atoms with van der Waals surface area (Å²) in [5.74, 6) is -0.238.